The van der Waals surface area contributed by atoms with Gasteiger partial charge in [0.25, 0.3) is 5.56 Å². The summed E-state index contributed by atoms with van der Waals surface area (Å²) in [5, 5.41) is 2.56. The minimum atomic E-state index is -0.487. The number of aryl methyl sites for hydroxylation is 3. The SMILES string of the molecule is Cc1ccc(F)c(NC(=O)CCCn2cnc3c2c(=O)n(C)c(=O)n3C)c1. The maximum atomic E-state index is 13.7. The Bertz CT molecular complexity index is 1140. The van der Waals surface area contributed by atoms with E-state index in [4.69, 9.17) is 0 Å². The van der Waals surface area contributed by atoms with Gasteiger partial charge in [0.05, 0.1) is 12.0 Å². The Labute approximate surface area is 153 Å². The van der Waals surface area contributed by atoms with E-state index in [0.717, 1.165) is 10.1 Å². The van der Waals surface area contributed by atoms with E-state index in [1.807, 2.05) is 6.92 Å². The number of rotatable bonds is 5. The normalized spacial score (nSPS) is 11.1. The van der Waals surface area contributed by atoms with Gasteiger partial charge in [-0.25, -0.2) is 14.2 Å². The van der Waals surface area contributed by atoms with E-state index in [0.29, 0.717) is 24.1 Å². The Morgan fingerprint density at radius 2 is 1.96 bits per heavy atom. The van der Waals surface area contributed by atoms with Crippen LogP contribution in [0, 0.1) is 12.7 Å². The molecule has 0 bridgehead atoms. The van der Waals surface area contributed by atoms with Crippen molar-refractivity contribution in [3.05, 3.63) is 56.7 Å². The lowest BCUT2D eigenvalue weighted by molar-refractivity contribution is -0.116. The first kappa shape index (κ1) is 18.6. The van der Waals surface area contributed by atoms with Gasteiger partial charge < -0.3 is 9.88 Å². The number of imidazole rings is 1. The van der Waals surface area contributed by atoms with Crippen LogP contribution in [0.25, 0.3) is 11.2 Å². The summed E-state index contributed by atoms with van der Waals surface area (Å²) in [6.07, 6.45) is 2.06. The predicted octanol–water partition coefficient (Wildman–Crippen LogP) is 1.30. The van der Waals surface area contributed by atoms with Crippen LogP contribution in [0.4, 0.5) is 10.1 Å². The first-order chi connectivity index (χ1) is 12.8. The van der Waals surface area contributed by atoms with Crippen molar-refractivity contribution in [3.8, 4) is 0 Å². The molecule has 9 heteroatoms. The summed E-state index contributed by atoms with van der Waals surface area (Å²) in [6.45, 7) is 2.18. The molecular formula is C18H20FN5O3. The molecule has 0 saturated carbocycles. The molecule has 0 aliphatic carbocycles. The number of nitrogens with zero attached hydrogens (tertiary/aromatic N) is 4. The summed E-state index contributed by atoms with van der Waals surface area (Å²) in [5.41, 5.74) is 0.725. The van der Waals surface area contributed by atoms with Crippen molar-refractivity contribution >= 4 is 22.8 Å². The number of benzene rings is 1. The molecule has 2 heterocycles. The van der Waals surface area contributed by atoms with E-state index in [2.05, 4.69) is 10.3 Å². The minimum absolute atomic E-state index is 0.150. The molecule has 0 atom stereocenters. The minimum Gasteiger partial charge on any atom is -0.325 e. The molecule has 0 spiro atoms. The van der Waals surface area contributed by atoms with Gasteiger partial charge in [-0.1, -0.05) is 6.07 Å². The molecular weight excluding hydrogens is 353 g/mol. The molecule has 0 aliphatic rings. The lowest BCUT2D eigenvalue weighted by Gasteiger charge is -2.08. The highest BCUT2D eigenvalue weighted by Gasteiger charge is 2.14. The first-order valence-corrected chi connectivity index (χ1v) is 8.46. The third-order valence-electron chi connectivity index (χ3n) is 4.42. The summed E-state index contributed by atoms with van der Waals surface area (Å²) >= 11 is 0. The number of carbonyl (C=O) groups is 1. The van der Waals surface area contributed by atoms with Gasteiger partial charge in [0.2, 0.25) is 5.91 Å². The number of hydrogen-bond donors (Lipinski definition) is 1. The standard InChI is InChI=1S/C18H20FN5O3/c1-11-6-7-12(19)13(9-11)21-14(25)5-4-8-24-10-20-16-15(24)17(26)23(3)18(27)22(16)2/h6-7,9-10H,4-5,8H2,1-3H3,(H,21,25). The van der Waals surface area contributed by atoms with Gasteiger partial charge in [0.15, 0.2) is 11.2 Å². The number of amides is 1. The molecule has 0 saturated heterocycles. The van der Waals surface area contributed by atoms with Gasteiger partial charge in [-0.05, 0) is 31.0 Å². The van der Waals surface area contributed by atoms with Crippen LogP contribution >= 0.6 is 0 Å². The summed E-state index contributed by atoms with van der Waals surface area (Å²) in [4.78, 5) is 40.5. The van der Waals surface area contributed by atoms with Crippen molar-refractivity contribution in [2.75, 3.05) is 5.32 Å². The quantitative estimate of drug-likeness (QED) is 0.730. The second-order valence-electron chi connectivity index (χ2n) is 6.45. The monoisotopic (exact) mass is 373 g/mol. The summed E-state index contributed by atoms with van der Waals surface area (Å²) < 4.78 is 17.7. The molecule has 1 amide bonds. The molecule has 1 aromatic carbocycles. The van der Waals surface area contributed by atoms with E-state index >= 15 is 0 Å². The highest BCUT2D eigenvalue weighted by Crippen LogP contribution is 2.16. The topological polar surface area (TPSA) is 90.9 Å². The van der Waals surface area contributed by atoms with Crippen LogP contribution in [0.1, 0.15) is 18.4 Å². The maximum Gasteiger partial charge on any atom is 0.332 e. The smallest absolute Gasteiger partial charge is 0.325 e. The zero-order valence-corrected chi connectivity index (χ0v) is 15.3. The summed E-state index contributed by atoms with van der Waals surface area (Å²) in [6, 6.07) is 4.51. The van der Waals surface area contributed by atoms with Crippen LogP contribution in [-0.4, -0.2) is 24.6 Å². The van der Waals surface area contributed by atoms with E-state index in [-0.39, 0.29) is 18.0 Å². The van der Waals surface area contributed by atoms with E-state index in [1.54, 1.807) is 23.7 Å². The molecule has 1 N–H and O–H groups in total. The highest BCUT2D eigenvalue weighted by atomic mass is 19.1. The average molecular weight is 373 g/mol. The Morgan fingerprint density at radius 1 is 1.22 bits per heavy atom. The van der Waals surface area contributed by atoms with Gasteiger partial charge in [-0.2, -0.15) is 0 Å². The Hall–Kier alpha value is -3.23. The van der Waals surface area contributed by atoms with E-state index in [1.165, 1.54) is 24.0 Å². The van der Waals surface area contributed by atoms with Crippen LogP contribution in [0.5, 0.6) is 0 Å². The van der Waals surface area contributed by atoms with Crippen molar-refractivity contribution in [3.63, 3.8) is 0 Å². The zero-order valence-electron chi connectivity index (χ0n) is 15.3. The van der Waals surface area contributed by atoms with Crippen molar-refractivity contribution in [2.45, 2.75) is 26.3 Å². The highest BCUT2D eigenvalue weighted by molar-refractivity contribution is 5.90. The van der Waals surface area contributed by atoms with Gasteiger partial charge in [0.1, 0.15) is 5.82 Å². The predicted molar refractivity (Wildman–Crippen MR) is 99.2 cm³/mol. The molecule has 0 unspecified atom stereocenters. The van der Waals surface area contributed by atoms with Crippen LogP contribution in [0.2, 0.25) is 0 Å². The Kier molecular flexibility index (Phi) is 4.93. The van der Waals surface area contributed by atoms with E-state index in [9.17, 15) is 18.8 Å². The van der Waals surface area contributed by atoms with Gasteiger partial charge in [-0.3, -0.25) is 18.7 Å². The number of fused-ring (bicyclic) bond motifs is 1. The molecule has 142 valence electrons. The molecule has 3 aromatic rings. The Morgan fingerprint density at radius 3 is 2.70 bits per heavy atom. The van der Waals surface area contributed by atoms with Crippen molar-refractivity contribution in [1.82, 2.24) is 18.7 Å². The number of anilines is 1. The van der Waals surface area contributed by atoms with Crippen molar-refractivity contribution in [1.29, 1.82) is 0 Å². The second-order valence-corrected chi connectivity index (χ2v) is 6.45. The third kappa shape index (κ3) is 3.53. The molecule has 0 fully saturated rings. The first-order valence-electron chi connectivity index (χ1n) is 8.46. The number of carbonyl (C=O) groups excluding carboxylic acids is 1. The van der Waals surface area contributed by atoms with Crippen LogP contribution < -0.4 is 16.6 Å². The number of halogens is 1. The lowest BCUT2D eigenvalue weighted by atomic mass is 10.2. The fourth-order valence-corrected chi connectivity index (χ4v) is 2.92. The second kappa shape index (κ2) is 7.18. The molecule has 8 nitrogen and oxygen atoms in total. The Balaban J connectivity index is 1.71. The molecule has 2 aromatic heterocycles. The molecule has 27 heavy (non-hydrogen) atoms. The van der Waals surface area contributed by atoms with E-state index < -0.39 is 17.1 Å². The van der Waals surface area contributed by atoms with Crippen LogP contribution in [0.15, 0.2) is 34.1 Å². The van der Waals surface area contributed by atoms with Crippen LogP contribution in [0.3, 0.4) is 0 Å². The fourth-order valence-electron chi connectivity index (χ4n) is 2.92. The summed E-state index contributed by atoms with van der Waals surface area (Å²) in [5.74, 6) is -0.803. The van der Waals surface area contributed by atoms with Gasteiger partial charge in [0, 0.05) is 27.1 Å². The van der Waals surface area contributed by atoms with Crippen molar-refractivity contribution < 1.29 is 9.18 Å². The molecule has 0 radical (unpaired) electrons. The molecule has 3 rings (SSSR count). The average Bonchev–Trinajstić information content (AvgIpc) is 3.05. The molecule has 0 aliphatic heterocycles. The third-order valence-corrected chi connectivity index (χ3v) is 4.42. The van der Waals surface area contributed by atoms with Crippen LogP contribution in [-0.2, 0) is 25.4 Å². The largest absolute Gasteiger partial charge is 0.332 e. The lowest BCUT2D eigenvalue weighted by Crippen LogP contribution is -2.37. The number of aromatic nitrogens is 4. The number of hydrogen-bond acceptors (Lipinski definition) is 4. The maximum absolute atomic E-state index is 13.7. The van der Waals surface area contributed by atoms with Gasteiger partial charge in [-0.15, -0.1) is 0 Å². The van der Waals surface area contributed by atoms with Gasteiger partial charge >= 0.3 is 5.69 Å². The number of nitrogens with one attached hydrogen (secondary N) is 1. The zero-order chi connectivity index (χ0) is 19.7. The fraction of sp³-hybridized carbons (Fsp3) is 0.333. The summed E-state index contributed by atoms with van der Waals surface area (Å²) in [7, 11) is 2.95. The van der Waals surface area contributed by atoms with Crippen molar-refractivity contribution in [2.24, 2.45) is 14.1 Å².